The molecule has 0 aliphatic carbocycles. The van der Waals surface area contributed by atoms with E-state index in [-0.39, 0.29) is 11.9 Å². The van der Waals surface area contributed by atoms with Crippen LogP contribution in [0.2, 0.25) is 0 Å². The van der Waals surface area contributed by atoms with Crippen molar-refractivity contribution >= 4 is 17.0 Å². The quantitative estimate of drug-likeness (QED) is 0.760. The van der Waals surface area contributed by atoms with E-state index in [1.54, 1.807) is 0 Å². The van der Waals surface area contributed by atoms with Crippen molar-refractivity contribution in [3.63, 3.8) is 0 Å². The average molecular weight is 288 g/mol. The number of imidazole rings is 1. The molecule has 0 saturated heterocycles. The molecule has 0 spiro atoms. The Morgan fingerprint density at radius 3 is 2.62 bits per heavy atom. The fourth-order valence-corrected chi connectivity index (χ4v) is 2.71. The maximum Gasteiger partial charge on any atom is 0.316 e. The number of esters is 1. The lowest BCUT2D eigenvalue weighted by atomic mass is 9.96. The van der Waals surface area contributed by atoms with Crippen molar-refractivity contribution in [2.24, 2.45) is 5.92 Å². The molecular formula is C17H24N2O2. The van der Waals surface area contributed by atoms with Gasteiger partial charge in [-0.05, 0) is 38.3 Å². The third kappa shape index (κ3) is 3.26. The van der Waals surface area contributed by atoms with Gasteiger partial charge in [0.15, 0.2) is 0 Å². The molecule has 1 aromatic carbocycles. The van der Waals surface area contributed by atoms with E-state index < -0.39 is 0 Å². The highest BCUT2D eigenvalue weighted by atomic mass is 16.5. The molecule has 4 nitrogen and oxygen atoms in total. The van der Waals surface area contributed by atoms with Crippen molar-refractivity contribution in [1.29, 1.82) is 0 Å². The second-order valence-electron chi connectivity index (χ2n) is 5.64. The third-order valence-electron chi connectivity index (χ3n) is 3.59. The first kappa shape index (κ1) is 15.5. The zero-order chi connectivity index (χ0) is 15.4. The normalized spacial score (nSPS) is 12.8. The summed E-state index contributed by atoms with van der Waals surface area (Å²) in [4.78, 5) is 17.1. The van der Waals surface area contributed by atoms with E-state index >= 15 is 0 Å². The number of carbonyl (C=O) groups excluding carboxylic acids is 1. The maximum atomic E-state index is 12.3. The van der Waals surface area contributed by atoms with Gasteiger partial charge in [0.05, 0.1) is 17.6 Å². The van der Waals surface area contributed by atoms with E-state index in [9.17, 15) is 4.79 Å². The molecular weight excluding hydrogens is 264 g/mol. The monoisotopic (exact) mass is 288 g/mol. The minimum Gasteiger partial charge on any atom is -0.465 e. The highest BCUT2D eigenvalue weighted by Gasteiger charge is 2.28. The van der Waals surface area contributed by atoms with Crippen molar-refractivity contribution in [2.75, 3.05) is 6.61 Å². The van der Waals surface area contributed by atoms with Gasteiger partial charge in [-0.1, -0.05) is 26.0 Å². The van der Waals surface area contributed by atoms with Crippen LogP contribution in [0.4, 0.5) is 0 Å². The molecule has 0 aliphatic rings. The standard InChI is InChI=1S/C17H24N2O2/c1-5-19-15-10-8-7-9-14(15)18-16(19)13(11-12(3)4)17(20)21-6-2/h7-10,12-13H,5-6,11H2,1-4H3. The van der Waals surface area contributed by atoms with Crippen molar-refractivity contribution in [2.45, 2.75) is 46.6 Å². The first-order valence-corrected chi connectivity index (χ1v) is 7.70. The molecule has 0 N–H and O–H groups in total. The Labute approximate surface area is 126 Å². The predicted octanol–water partition coefficient (Wildman–Crippen LogP) is 3.75. The smallest absolute Gasteiger partial charge is 0.316 e. The van der Waals surface area contributed by atoms with Gasteiger partial charge in [-0.25, -0.2) is 4.98 Å². The van der Waals surface area contributed by atoms with Gasteiger partial charge in [0, 0.05) is 6.54 Å². The second kappa shape index (κ2) is 6.74. The molecule has 0 radical (unpaired) electrons. The van der Waals surface area contributed by atoms with Gasteiger partial charge in [-0.15, -0.1) is 0 Å². The molecule has 2 rings (SSSR count). The molecule has 0 amide bonds. The minimum atomic E-state index is -0.294. The van der Waals surface area contributed by atoms with Crippen molar-refractivity contribution < 1.29 is 9.53 Å². The summed E-state index contributed by atoms with van der Waals surface area (Å²) in [6, 6.07) is 8.01. The number of ether oxygens (including phenoxy) is 1. The van der Waals surface area contributed by atoms with Crippen LogP contribution in [0.25, 0.3) is 11.0 Å². The number of para-hydroxylation sites is 2. The number of nitrogens with zero attached hydrogens (tertiary/aromatic N) is 2. The highest BCUT2D eigenvalue weighted by molar-refractivity contribution is 5.81. The Morgan fingerprint density at radius 2 is 2.00 bits per heavy atom. The third-order valence-corrected chi connectivity index (χ3v) is 3.59. The Balaban J connectivity index is 2.50. The largest absolute Gasteiger partial charge is 0.465 e. The zero-order valence-electron chi connectivity index (χ0n) is 13.3. The van der Waals surface area contributed by atoms with Crippen LogP contribution in [0.3, 0.4) is 0 Å². The van der Waals surface area contributed by atoms with Gasteiger partial charge in [0.1, 0.15) is 11.7 Å². The molecule has 1 heterocycles. The van der Waals surface area contributed by atoms with Crippen LogP contribution in [0.15, 0.2) is 24.3 Å². The van der Waals surface area contributed by atoms with E-state index in [0.717, 1.165) is 29.8 Å². The van der Waals surface area contributed by atoms with Crippen LogP contribution < -0.4 is 0 Å². The number of rotatable bonds is 6. The van der Waals surface area contributed by atoms with E-state index in [4.69, 9.17) is 9.72 Å². The molecule has 2 aromatic rings. The molecule has 0 bridgehead atoms. The molecule has 4 heteroatoms. The van der Waals surface area contributed by atoms with Gasteiger partial charge >= 0.3 is 5.97 Å². The number of hydrogen-bond acceptors (Lipinski definition) is 3. The number of hydrogen-bond donors (Lipinski definition) is 0. The molecule has 0 fully saturated rings. The SMILES string of the molecule is CCOC(=O)C(CC(C)C)c1nc2ccccc2n1CC. The molecule has 1 atom stereocenters. The number of aromatic nitrogens is 2. The first-order chi connectivity index (χ1) is 10.1. The summed E-state index contributed by atoms with van der Waals surface area (Å²) in [7, 11) is 0. The fourth-order valence-electron chi connectivity index (χ4n) is 2.71. The lowest BCUT2D eigenvalue weighted by Crippen LogP contribution is -2.21. The fraction of sp³-hybridized carbons (Fsp3) is 0.529. The predicted molar refractivity (Wildman–Crippen MR) is 84.2 cm³/mol. The average Bonchev–Trinajstić information content (AvgIpc) is 2.82. The molecule has 114 valence electrons. The van der Waals surface area contributed by atoms with Gasteiger partial charge in [-0.2, -0.15) is 0 Å². The lowest BCUT2D eigenvalue weighted by molar-refractivity contribution is -0.145. The van der Waals surface area contributed by atoms with Crippen LogP contribution in [-0.4, -0.2) is 22.1 Å². The minimum absolute atomic E-state index is 0.170. The van der Waals surface area contributed by atoms with E-state index in [0.29, 0.717) is 12.5 Å². The van der Waals surface area contributed by atoms with Crippen LogP contribution in [0.1, 0.15) is 45.9 Å². The summed E-state index contributed by atoms with van der Waals surface area (Å²) in [6.45, 7) is 9.35. The van der Waals surface area contributed by atoms with Crippen LogP contribution in [0.5, 0.6) is 0 Å². The summed E-state index contributed by atoms with van der Waals surface area (Å²) in [5, 5.41) is 0. The summed E-state index contributed by atoms with van der Waals surface area (Å²) in [5.74, 6) is 0.767. The summed E-state index contributed by atoms with van der Waals surface area (Å²) >= 11 is 0. The van der Waals surface area contributed by atoms with Crippen molar-refractivity contribution in [3.05, 3.63) is 30.1 Å². The van der Waals surface area contributed by atoms with E-state index in [1.807, 2.05) is 31.2 Å². The molecule has 0 saturated carbocycles. The molecule has 0 aliphatic heterocycles. The molecule has 21 heavy (non-hydrogen) atoms. The van der Waals surface area contributed by atoms with Gasteiger partial charge in [0.25, 0.3) is 0 Å². The highest BCUT2D eigenvalue weighted by Crippen LogP contribution is 2.28. The van der Waals surface area contributed by atoms with Crippen LogP contribution >= 0.6 is 0 Å². The summed E-state index contributed by atoms with van der Waals surface area (Å²) in [6.07, 6.45) is 0.752. The Bertz CT molecular complexity index is 616. The van der Waals surface area contributed by atoms with Crippen LogP contribution in [0, 0.1) is 5.92 Å². The lowest BCUT2D eigenvalue weighted by Gasteiger charge is -2.18. The summed E-state index contributed by atoms with van der Waals surface area (Å²) < 4.78 is 7.39. The Kier molecular flexibility index (Phi) is 4.99. The first-order valence-electron chi connectivity index (χ1n) is 7.70. The molecule has 1 aromatic heterocycles. The molecule has 1 unspecified atom stereocenters. The number of carbonyl (C=O) groups is 1. The Hall–Kier alpha value is -1.84. The maximum absolute atomic E-state index is 12.3. The number of fused-ring (bicyclic) bond motifs is 1. The van der Waals surface area contributed by atoms with Gasteiger partial charge < -0.3 is 9.30 Å². The van der Waals surface area contributed by atoms with Crippen LogP contribution in [-0.2, 0) is 16.1 Å². The van der Waals surface area contributed by atoms with E-state index in [1.165, 1.54) is 0 Å². The zero-order valence-corrected chi connectivity index (χ0v) is 13.3. The topological polar surface area (TPSA) is 44.1 Å². The number of benzene rings is 1. The Morgan fingerprint density at radius 1 is 1.29 bits per heavy atom. The number of aryl methyl sites for hydroxylation is 1. The van der Waals surface area contributed by atoms with Crippen molar-refractivity contribution in [3.8, 4) is 0 Å². The van der Waals surface area contributed by atoms with Gasteiger partial charge in [0.2, 0.25) is 0 Å². The van der Waals surface area contributed by atoms with Crippen molar-refractivity contribution in [1.82, 2.24) is 9.55 Å². The summed E-state index contributed by atoms with van der Waals surface area (Å²) in [5.41, 5.74) is 2.01. The van der Waals surface area contributed by atoms with Gasteiger partial charge in [-0.3, -0.25) is 4.79 Å². The second-order valence-corrected chi connectivity index (χ2v) is 5.64. The van der Waals surface area contributed by atoms with E-state index in [2.05, 4.69) is 25.3 Å².